The van der Waals surface area contributed by atoms with Gasteiger partial charge in [-0.25, -0.2) is 0 Å². The molecule has 1 aromatic heterocycles. The Bertz CT molecular complexity index is 448. The van der Waals surface area contributed by atoms with Gasteiger partial charge in [-0.05, 0) is 24.5 Å². The highest BCUT2D eigenvalue weighted by atomic mass is 14.7. The third-order valence-electron chi connectivity index (χ3n) is 2.91. The minimum absolute atomic E-state index is 0.721. The zero-order valence-electron chi connectivity index (χ0n) is 9.40. The number of aromatic nitrogens is 1. The Labute approximate surface area is 91.2 Å². The molecule has 0 saturated heterocycles. The van der Waals surface area contributed by atoms with E-state index in [9.17, 15) is 0 Å². The number of hydrogen-bond acceptors (Lipinski definition) is 1. The average molecular weight is 199 g/mol. The lowest BCUT2D eigenvalue weighted by molar-refractivity contribution is 0.553. The molecule has 0 aliphatic heterocycles. The summed E-state index contributed by atoms with van der Waals surface area (Å²) < 4.78 is 0. The second-order valence-electron chi connectivity index (χ2n) is 4.21. The molecule has 0 bridgehead atoms. The van der Waals surface area contributed by atoms with Crippen molar-refractivity contribution in [2.24, 2.45) is 5.92 Å². The Morgan fingerprint density at radius 3 is 2.73 bits per heavy atom. The fourth-order valence-corrected chi connectivity index (χ4v) is 1.72. The van der Waals surface area contributed by atoms with E-state index in [1.165, 1.54) is 17.5 Å². The summed E-state index contributed by atoms with van der Waals surface area (Å²) in [7, 11) is 0. The van der Waals surface area contributed by atoms with Crippen molar-refractivity contribution in [1.29, 1.82) is 0 Å². The summed E-state index contributed by atoms with van der Waals surface area (Å²) in [6, 6.07) is 12.6. The second kappa shape index (κ2) is 4.43. The van der Waals surface area contributed by atoms with Gasteiger partial charge in [0.1, 0.15) is 0 Å². The molecule has 0 aliphatic carbocycles. The summed E-state index contributed by atoms with van der Waals surface area (Å²) in [6.07, 6.45) is 2.30. The number of pyridine rings is 1. The normalized spacial score (nSPS) is 12.9. The third-order valence-corrected chi connectivity index (χ3v) is 2.91. The predicted molar refractivity (Wildman–Crippen MR) is 64.9 cm³/mol. The van der Waals surface area contributed by atoms with Gasteiger partial charge in [-0.3, -0.25) is 4.98 Å². The van der Waals surface area contributed by atoms with E-state index < -0.39 is 0 Å². The molecule has 2 aromatic rings. The molecule has 0 amide bonds. The van der Waals surface area contributed by atoms with Crippen molar-refractivity contribution in [3.8, 4) is 0 Å². The zero-order chi connectivity index (χ0) is 10.7. The zero-order valence-corrected chi connectivity index (χ0v) is 9.40. The van der Waals surface area contributed by atoms with Gasteiger partial charge in [0.05, 0.1) is 5.52 Å². The van der Waals surface area contributed by atoms with E-state index in [4.69, 9.17) is 0 Å². The molecule has 1 atom stereocenters. The number of rotatable bonds is 3. The predicted octanol–water partition coefficient (Wildman–Crippen LogP) is 3.82. The van der Waals surface area contributed by atoms with Crippen LogP contribution in [-0.2, 0) is 6.42 Å². The summed E-state index contributed by atoms with van der Waals surface area (Å²) in [5.41, 5.74) is 2.32. The Balaban J connectivity index is 2.30. The lowest BCUT2D eigenvalue weighted by Gasteiger charge is -2.08. The first-order valence-corrected chi connectivity index (χ1v) is 5.64. The van der Waals surface area contributed by atoms with Crippen molar-refractivity contribution >= 4 is 10.9 Å². The molecule has 0 N–H and O–H groups in total. The van der Waals surface area contributed by atoms with Gasteiger partial charge >= 0.3 is 0 Å². The third kappa shape index (κ3) is 2.35. The monoisotopic (exact) mass is 199 g/mol. The van der Waals surface area contributed by atoms with Crippen molar-refractivity contribution < 1.29 is 0 Å². The van der Waals surface area contributed by atoms with Crippen molar-refractivity contribution in [3.63, 3.8) is 0 Å². The molecule has 0 saturated carbocycles. The van der Waals surface area contributed by atoms with Crippen LogP contribution in [0, 0.1) is 5.92 Å². The maximum Gasteiger partial charge on any atom is 0.0705 e. The molecule has 0 fully saturated rings. The number of para-hydroxylation sites is 1. The SMILES string of the molecule is CCC(C)Cc1ccc2ccccc2n1. The number of benzene rings is 1. The van der Waals surface area contributed by atoms with Gasteiger partial charge in [0, 0.05) is 11.1 Å². The highest BCUT2D eigenvalue weighted by Crippen LogP contribution is 2.15. The maximum absolute atomic E-state index is 4.66. The molecular weight excluding hydrogens is 182 g/mol. The van der Waals surface area contributed by atoms with Crippen molar-refractivity contribution in [1.82, 2.24) is 4.98 Å². The molecule has 0 spiro atoms. The first-order chi connectivity index (χ1) is 7.29. The molecule has 78 valence electrons. The fourth-order valence-electron chi connectivity index (χ4n) is 1.72. The van der Waals surface area contributed by atoms with E-state index in [0.29, 0.717) is 0 Å². The van der Waals surface area contributed by atoms with Crippen LogP contribution in [0.2, 0.25) is 0 Å². The molecular formula is C14H17N. The van der Waals surface area contributed by atoms with Gasteiger partial charge < -0.3 is 0 Å². The van der Waals surface area contributed by atoms with Gasteiger partial charge in [-0.2, -0.15) is 0 Å². The summed E-state index contributed by atoms with van der Waals surface area (Å²) in [5, 5.41) is 1.23. The van der Waals surface area contributed by atoms with Crippen LogP contribution in [0.25, 0.3) is 10.9 Å². The van der Waals surface area contributed by atoms with E-state index in [0.717, 1.165) is 17.9 Å². The topological polar surface area (TPSA) is 12.9 Å². The van der Waals surface area contributed by atoms with Crippen LogP contribution in [0.15, 0.2) is 36.4 Å². The molecule has 0 radical (unpaired) electrons. The smallest absolute Gasteiger partial charge is 0.0705 e. The minimum Gasteiger partial charge on any atom is -0.253 e. The molecule has 1 unspecified atom stereocenters. The standard InChI is InChI=1S/C14H17N/c1-3-11(2)10-13-9-8-12-6-4-5-7-14(12)15-13/h4-9,11H,3,10H2,1-2H3. The van der Waals surface area contributed by atoms with Crippen molar-refractivity contribution in [2.75, 3.05) is 0 Å². The minimum atomic E-state index is 0.721. The number of fused-ring (bicyclic) bond motifs is 1. The summed E-state index contributed by atoms with van der Waals surface area (Å²) >= 11 is 0. The van der Waals surface area contributed by atoms with Crippen LogP contribution in [0.1, 0.15) is 26.0 Å². The number of hydrogen-bond donors (Lipinski definition) is 0. The summed E-state index contributed by atoms with van der Waals surface area (Å²) in [5.74, 6) is 0.721. The van der Waals surface area contributed by atoms with E-state index in [1.54, 1.807) is 0 Å². The Morgan fingerprint density at radius 1 is 1.13 bits per heavy atom. The Morgan fingerprint density at radius 2 is 1.93 bits per heavy atom. The largest absolute Gasteiger partial charge is 0.253 e. The van der Waals surface area contributed by atoms with Gasteiger partial charge in [0.25, 0.3) is 0 Å². The van der Waals surface area contributed by atoms with Crippen molar-refractivity contribution in [3.05, 3.63) is 42.1 Å². The second-order valence-corrected chi connectivity index (χ2v) is 4.21. The number of nitrogens with zero attached hydrogens (tertiary/aromatic N) is 1. The van der Waals surface area contributed by atoms with Crippen LogP contribution < -0.4 is 0 Å². The summed E-state index contributed by atoms with van der Waals surface area (Å²) in [4.78, 5) is 4.66. The lowest BCUT2D eigenvalue weighted by atomic mass is 10.0. The highest BCUT2D eigenvalue weighted by molar-refractivity contribution is 5.78. The van der Waals surface area contributed by atoms with Gasteiger partial charge in [-0.15, -0.1) is 0 Å². The van der Waals surface area contributed by atoms with Crippen LogP contribution in [-0.4, -0.2) is 4.98 Å². The molecule has 1 nitrogen and oxygen atoms in total. The van der Waals surface area contributed by atoms with E-state index >= 15 is 0 Å². The molecule has 1 heterocycles. The lowest BCUT2D eigenvalue weighted by Crippen LogP contribution is -1.99. The van der Waals surface area contributed by atoms with Crippen LogP contribution >= 0.6 is 0 Å². The quantitative estimate of drug-likeness (QED) is 0.732. The molecule has 1 aromatic carbocycles. The van der Waals surface area contributed by atoms with Crippen LogP contribution in [0.5, 0.6) is 0 Å². The maximum atomic E-state index is 4.66. The van der Waals surface area contributed by atoms with Crippen LogP contribution in [0.4, 0.5) is 0 Å². The van der Waals surface area contributed by atoms with Crippen molar-refractivity contribution in [2.45, 2.75) is 26.7 Å². The average Bonchev–Trinajstić information content (AvgIpc) is 2.29. The molecule has 2 rings (SSSR count). The Kier molecular flexibility index (Phi) is 3.00. The molecule has 15 heavy (non-hydrogen) atoms. The first kappa shape index (κ1) is 10.2. The highest BCUT2D eigenvalue weighted by Gasteiger charge is 2.02. The van der Waals surface area contributed by atoms with E-state index in [1.807, 2.05) is 6.07 Å². The van der Waals surface area contributed by atoms with Gasteiger partial charge in [-0.1, -0.05) is 44.5 Å². The van der Waals surface area contributed by atoms with E-state index in [2.05, 4.69) is 49.2 Å². The van der Waals surface area contributed by atoms with Gasteiger partial charge in [0.2, 0.25) is 0 Å². The van der Waals surface area contributed by atoms with Gasteiger partial charge in [0.15, 0.2) is 0 Å². The summed E-state index contributed by atoms with van der Waals surface area (Å²) in [6.45, 7) is 4.50. The fraction of sp³-hybridized carbons (Fsp3) is 0.357. The first-order valence-electron chi connectivity index (χ1n) is 5.64. The Hall–Kier alpha value is -1.37. The van der Waals surface area contributed by atoms with E-state index in [-0.39, 0.29) is 0 Å². The van der Waals surface area contributed by atoms with Crippen LogP contribution in [0.3, 0.4) is 0 Å². The molecule has 0 aliphatic rings. The molecule has 1 heteroatoms.